The van der Waals surface area contributed by atoms with E-state index in [1.54, 1.807) is 6.92 Å². The van der Waals surface area contributed by atoms with Gasteiger partial charge in [0.05, 0.1) is 9.79 Å². The maximum Gasteiger partial charge on any atom is 0.240 e. The summed E-state index contributed by atoms with van der Waals surface area (Å²) in [6, 6.07) is 3.69. The summed E-state index contributed by atoms with van der Waals surface area (Å²) in [5, 5.41) is 0. The van der Waals surface area contributed by atoms with E-state index in [4.69, 9.17) is 5.73 Å². The lowest BCUT2D eigenvalue weighted by molar-refractivity contribution is 0.405. The van der Waals surface area contributed by atoms with Gasteiger partial charge in [0.15, 0.2) is 0 Å². The molecule has 0 heterocycles. The molecular weight excluding hydrogens is 350 g/mol. The summed E-state index contributed by atoms with van der Waals surface area (Å²) in [5.41, 5.74) is 6.13. The number of nitrogens with one attached hydrogen (secondary N) is 2. The fourth-order valence-corrected chi connectivity index (χ4v) is 5.52. The zero-order chi connectivity index (χ0) is 18.0. The minimum Gasteiger partial charge on any atom is -0.329 e. The van der Waals surface area contributed by atoms with Crippen LogP contribution < -0.4 is 15.2 Å². The molecule has 1 aromatic carbocycles. The van der Waals surface area contributed by atoms with Crippen molar-refractivity contribution < 1.29 is 16.8 Å². The minimum absolute atomic E-state index is 0.0477. The Morgan fingerprint density at radius 2 is 1.79 bits per heavy atom. The fraction of sp³-hybridized carbons (Fsp3) is 0.600. The van der Waals surface area contributed by atoms with E-state index in [0.717, 1.165) is 25.7 Å². The number of hydrogen-bond acceptors (Lipinski definition) is 5. The lowest BCUT2D eigenvalue weighted by atomic mass is 9.99. The molecule has 2 rings (SSSR count). The molecule has 1 aliphatic rings. The van der Waals surface area contributed by atoms with Gasteiger partial charge in [0.1, 0.15) is 0 Å². The molecule has 1 saturated carbocycles. The van der Waals surface area contributed by atoms with Crippen molar-refractivity contribution in [1.29, 1.82) is 0 Å². The highest BCUT2D eigenvalue weighted by molar-refractivity contribution is 7.90. The van der Waals surface area contributed by atoms with Crippen LogP contribution in [0.4, 0.5) is 0 Å². The van der Waals surface area contributed by atoms with Crippen molar-refractivity contribution in [3.8, 4) is 0 Å². The molecule has 1 unspecified atom stereocenters. The molecule has 7 nitrogen and oxygen atoms in total. The number of rotatable bonds is 7. The molecule has 0 saturated heterocycles. The molecule has 1 aromatic rings. The van der Waals surface area contributed by atoms with E-state index in [0.29, 0.717) is 5.56 Å². The Labute approximate surface area is 144 Å². The number of hydrogen-bond donors (Lipinski definition) is 3. The van der Waals surface area contributed by atoms with E-state index >= 15 is 0 Å². The van der Waals surface area contributed by atoms with E-state index in [-0.39, 0.29) is 28.3 Å². The highest BCUT2D eigenvalue weighted by Crippen LogP contribution is 2.28. The third-order valence-corrected chi connectivity index (χ3v) is 7.61. The summed E-state index contributed by atoms with van der Waals surface area (Å²) in [6.45, 7) is 1.82. The maximum atomic E-state index is 12.6. The van der Waals surface area contributed by atoms with E-state index < -0.39 is 20.0 Å². The summed E-state index contributed by atoms with van der Waals surface area (Å²) < 4.78 is 53.9. The topological polar surface area (TPSA) is 118 Å². The van der Waals surface area contributed by atoms with Gasteiger partial charge in [-0.05, 0) is 56.5 Å². The van der Waals surface area contributed by atoms with Crippen molar-refractivity contribution in [2.24, 2.45) is 11.7 Å². The van der Waals surface area contributed by atoms with Crippen LogP contribution in [0.15, 0.2) is 28.0 Å². The van der Waals surface area contributed by atoms with Gasteiger partial charge in [-0.1, -0.05) is 12.8 Å². The van der Waals surface area contributed by atoms with Crippen LogP contribution in [0.5, 0.6) is 0 Å². The molecule has 24 heavy (non-hydrogen) atoms. The highest BCUT2D eigenvalue weighted by Gasteiger charge is 2.29. The van der Waals surface area contributed by atoms with Gasteiger partial charge < -0.3 is 5.73 Å². The molecule has 9 heteroatoms. The zero-order valence-corrected chi connectivity index (χ0v) is 15.6. The van der Waals surface area contributed by atoms with Gasteiger partial charge in [0, 0.05) is 12.6 Å². The lowest BCUT2D eigenvalue weighted by Gasteiger charge is -2.23. The minimum atomic E-state index is -3.75. The van der Waals surface area contributed by atoms with E-state index in [2.05, 4.69) is 9.44 Å². The molecule has 4 N–H and O–H groups in total. The Hall–Kier alpha value is -1.00. The first-order valence-electron chi connectivity index (χ1n) is 7.98. The average molecular weight is 376 g/mol. The Morgan fingerprint density at radius 3 is 2.29 bits per heavy atom. The first kappa shape index (κ1) is 19.3. The molecule has 0 spiro atoms. The summed E-state index contributed by atoms with van der Waals surface area (Å²) in [6.07, 6.45) is 4.14. The van der Waals surface area contributed by atoms with Crippen LogP contribution in [0.25, 0.3) is 0 Å². The number of aryl methyl sites for hydroxylation is 1. The molecule has 1 aliphatic carbocycles. The molecule has 0 aliphatic heterocycles. The second kappa shape index (κ2) is 7.49. The van der Waals surface area contributed by atoms with Gasteiger partial charge in [0.25, 0.3) is 0 Å². The Balaban J connectivity index is 2.27. The van der Waals surface area contributed by atoms with Crippen LogP contribution in [0.1, 0.15) is 31.2 Å². The number of benzene rings is 1. The molecule has 0 radical (unpaired) electrons. The predicted molar refractivity (Wildman–Crippen MR) is 92.5 cm³/mol. The van der Waals surface area contributed by atoms with Crippen molar-refractivity contribution in [3.63, 3.8) is 0 Å². The Kier molecular flexibility index (Phi) is 6.03. The predicted octanol–water partition coefficient (Wildman–Crippen LogP) is 0.699. The second-order valence-electron chi connectivity index (χ2n) is 6.14. The van der Waals surface area contributed by atoms with Crippen LogP contribution in [0.2, 0.25) is 0 Å². The van der Waals surface area contributed by atoms with Crippen molar-refractivity contribution in [2.45, 2.75) is 48.4 Å². The first-order valence-corrected chi connectivity index (χ1v) is 10.9. The number of nitrogens with two attached hydrogens (primary N) is 1. The van der Waals surface area contributed by atoms with Gasteiger partial charge in [-0.3, -0.25) is 0 Å². The van der Waals surface area contributed by atoms with E-state index in [9.17, 15) is 16.8 Å². The summed E-state index contributed by atoms with van der Waals surface area (Å²) in [5.74, 6) is 0.259. The lowest BCUT2D eigenvalue weighted by Crippen LogP contribution is -2.44. The van der Waals surface area contributed by atoms with Crippen molar-refractivity contribution >= 4 is 20.0 Å². The average Bonchev–Trinajstić information content (AvgIpc) is 3.06. The third-order valence-electron chi connectivity index (χ3n) is 4.54. The zero-order valence-electron chi connectivity index (χ0n) is 13.9. The van der Waals surface area contributed by atoms with Gasteiger partial charge in [-0.2, -0.15) is 0 Å². The van der Waals surface area contributed by atoms with Gasteiger partial charge in [-0.25, -0.2) is 26.3 Å². The monoisotopic (exact) mass is 375 g/mol. The maximum absolute atomic E-state index is 12.6. The van der Waals surface area contributed by atoms with Gasteiger partial charge >= 0.3 is 0 Å². The Bertz CT molecular complexity index is 785. The molecule has 0 bridgehead atoms. The Morgan fingerprint density at radius 1 is 1.17 bits per heavy atom. The third kappa shape index (κ3) is 4.15. The SMILES string of the molecule is CNS(=O)(=O)c1ccc(S(=O)(=O)NC(CN)C2CCCC2)cc1C. The van der Waals surface area contributed by atoms with Crippen LogP contribution >= 0.6 is 0 Å². The fourth-order valence-electron chi connectivity index (χ4n) is 3.16. The molecule has 0 aromatic heterocycles. The van der Waals surface area contributed by atoms with Crippen LogP contribution in [-0.2, 0) is 20.0 Å². The molecule has 1 atom stereocenters. The van der Waals surface area contributed by atoms with Gasteiger partial charge in [-0.15, -0.1) is 0 Å². The molecule has 136 valence electrons. The molecular formula is C15H25N3O4S2. The summed E-state index contributed by atoms with van der Waals surface area (Å²) >= 11 is 0. The largest absolute Gasteiger partial charge is 0.329 e. The van der Waals surface area contributed by atoms with Crippen molar-refractivity contribution in [2.75, 3.05) is 13.6 Å². The molecule has 1 fully saturated rings. The van der Waals surface area contributed by atoms with E-state index in [1.807, 2.05) is 0 Å². The first-order chi connectivity index (χ1) is 11.2. The van der Waals surface area contributed by atoms with Crippen LogP contribution in [0, 0.1) is 12.8 Å². The normalized spacial score (nSPS) is 18.0. The number of sulfonamides is 2. The van der Waals surface area contributed by atoms with Crippen molar-refractivity contribution in [3.05, 3.63) is 23.8 Å². The van der Waals surface area contributed by atoms with Crippen LogP contribution in [-0.4, -0.2) is 36.5 Å². The molecule has 0 amide bonds. The van der Waals surface area contributed by atoms with E-state index in [1.165, 1.54) is 25.2 Å². The smallest absolute Gasteiger partial charge is 0.240 e. The van der Waals surface area contributed by atoms with Crippen LogP contribution in [0.3, 0.4) is 0 Å². The quantitative estimate of drug-likeness (QED) is 0.648. The second-order valence-corrected chi connectivity index (χ2v) is 9.71. The van der Waals surface area contributed by atoms with Crippen molar-refractivity contribution in [1.82, 2.24) is 9.44 Å². The highest BCUT2D eigenvalue weighted by atomic mass is 32.2. The van der Waals surface area contributed by atoms with Gasteiger partial charge in [0.2, 0.25) is 20.0 Å². The standard InChI is InChI=1S/C15H25N3O4S2/c1-11-9-13(7-8-15(11)24(21,22)17-2)23(19,20)18-14(10-16)12-5-3-4-6-12/h7-9,12,14,17-18H,3-6,10,16H2,1-2H3. The summed E-state index contributed by atoms with van der Waals surface area (Å²) in [4.78, 5) is 0.113. The summed E-state index contributed by atoms with van der Waals surface area (Å²) in [7, 11) is -6.05.